The van der Waals surface area contributed by atoms with Gasteiger partial charge in [0.25, 0.3) is 0 Å². The maximum Gasteiger partial charge on any atom is 0.166 e. The van der Waals surface area contributed by atoms with Crippen molar-refractivity contribution in [2.45, 2.75) is 13.3 Å². The van der Waals surface area contributed by atoms with E-state index in [1.165, 1.54) is 0 Å². The van der Waals surface area contributed by atoms with Crippen molar-refractivity contribution in [2.75, 3.05) is 20.6 Å². The predicted octanol–water partition coefficient (Wildman–Crippen LogP) is 3.83. The van der Waals surface area contributed by atoms with Gasteiger partial charge in [0.1, 0.15) is 0 Å². The van der Waals surface area contributed by atoms with E-state index >= 15 is 0 Å². The molecule has 0 fully saturated rings. The Labute approximate surface area is 130 Å². The molecule has 1 aromatic heterocycles. The summed E-state index contributed by atoms with van der Waals surface area (Å²) in [6.07, 6.45) is 0.513. The Bertz CT molecular complexity index is 853. The van der Waals surface area contributed by atoms with Crippen LogP contribution in [0.25, 0.3) is 21.8 Å². The van der Waals surface area contributed by atoms with Crippen LogP contribution in [0.1, 0.15) is 22.3 Å². The first-order valence-corrected chi connectivity index (χ1v) is 7.53. The minimum absolute atomic E-state index is 0.153. The number of benzene rings is 2. The number of hydrogen-bond donors (Lipinski definition) is 0. The van der Waals surface area contributed by atoms with Crippen LogP contribution in [-0.4, -0.2) is 36.3 Å². The molecule has 2 aromatic carbocycles. The highest BCUT2D eigenvalue weighted by molar-refractivity contribution is 6.08. The molecule has 0 atom stereocenters. The van der Waals surface area contributed by atoms with E-state index in [1.54, 1.807) is 0 Å². The third-order valence-corrected chi connectivity index (χ3v) is 3.96. The summed E-state index contributed by atoms with van der Waals surface area (Å²) in [6.45, 7) is 2.81. The molecule has 3 nitrogen and oxygen atoms in total. The predicted molar refractivity (Wildman–Crippen MR) is 91.5 cm³/mol. The lowest BCUT2D eigenvalue weighted by Gasteiger charge is -2.10. The highest BCUT2D eigenvalue weighted by Crippen LogP contribution is 2.25. The van der Waals surface area contributed by atoms with E-state index in [0.717, 1.165) is 39.5 Å². The average molecular weight is 292 g/mol. The monoisotopic (exact) mass is 292 g/mol. The summed E-state index contributed by atoms with van der Waals surface area (Å²) < 4.78 is 0. The smallest absolute Gasteiger partial charge is 0.166 e. The summed E-state index contributed by atoms with van der Waals surface area (Å²) >= 11 is 0. The van der Waals surface area contributed by atoms with Crippen LogP contribution in [0.15, 0.2) is 42.5 Å². The minimum Gasteiger partial charge on any atom is -0.309 e. The first-order valence-electron chi connectivity index (χ1n) is 7.53. The number of fused-ring (bicyclic) bond motifs is 2. The second-order valence-electron chi connectivity index (χ2n) is 5.99. The van der Waals surface area contributed by atoms with Crippen molar-refractivity contribution in [1.29, 1.82) is 0 Å². The maximum absolute atomic E-state index is 12.5. The molecular formula is C19H20N2O. The van der Waals surface area contributed by atoms with Crippen LogP contribution >= 0.6 is 0 Å². The normalized spacial score (nSPS) is 11.5. The molecule has 3 rings (SSSR count). The lowest BCUT2D eigenvalue weighted by Crippen LogP contribution is -2.17. The number of carbonyl (C=O) groups excluding carboxylic acids is 1. The number of aromatic nitrogens is 1. The molecule has 0 radical (unpaired) electrons. The van der Waals surface area contributed by atoms with Gasteiger partial charge in [-0.05, 0) is 38.7 Å². The van der Waals surface area contributed by atoms with E-state index in [9.17, 15) is 4.79 Å². The van der Waals surface area contributed by atoms with Gasteiger partial charge in [-0.25, -0.2) is 4.98 Å². The van der Waals surface area contributed by atoms with Crippen LogP contribution in [-0.2, 0) is 0 Å². The third kappa shape index (κ3) is 2.72. The molecule has 0 aliphatic carbocycles. The zero-order valence-corrected chi connectivity index (χ0v) is 13.3. The topological polar surface area (TPSA) is 33.2 Å². The molecule has 0 amide bonds. The number of pyridine rings is 1. The van der Waals surface area contributed by atoms with Gasteiger partial charge in [0.15, 0.2) is 5.78 Å². The fraction of sp³-hybridized carbons (Fsp3) is 0.263. The number of para-hydroxylation sites is 2. The van der Waals surface area contributed by atoms with Crippen molar-refractivity contribution in [3.63, 3.8) is 0 Å². The van der Waals surface area contributed by atoms with Gasteiger partial charge in [-0.15, -0.1) is 0 Å². The van der Waals surface area contributed by atoms with Gasteiger partial charge in [0.2, 0.25) is 0 Å². The van der Waals surface area contributed by atoms with Crippen molar-refractivity contribution >= 4 is 27.6 Å². The van der Waals surface area contributed by atoms with Gasteiger partial charge in [-0.3, -0.25) is 4.79 Å². The maximum atomic E-state index is 12.5. The highest BCUT2D eigenvalue weighted by atomic mass is 16.1. The Morgan fingerprint density at radius 1 is 1.05 bits per heavy atom. The van der Waals surface area contributed by atoms with Crippen LogP contribution in [0.2, 0.25) is 0 Å². The van der Waals surface area contributed by atoms with Gasteiger partial charge in [-0.2, -0.15) is 0 Å². The van der Waals surface area contributed by atoms with Gasteiger partial charge >= 0.3 is 0 Å². The van der Waals surface area contributed by atoms with Crippen LogP contribution < -0.4 is 0 Å². The number of aryl methyl sites for hydroxylation is 1. The summed E-state index contributed by atoms with van der Waals surface area (Å²) in [7, 11) is 3.96. The highest BCUT2D eigenvalue weighted by Gasteiger charge is 2.12. The van der Waals surface area contributed by atoms with E-state index < -0.39 is 0 Å². The first-order chi connectivity index (χ1) is 10.6. The van der Waals surface area contributed by atoms with Gasteiger partial charge in [-0.1, -0.05) is 30.3 Å². The zero-order valence-electron chi connectivity index (χ0n) is 13.3. The number of nitrogens with zero attached hydrogens (tertiary/aromatic N) is 2. The Morgan fingerprint density at radius 3 is 2.45 bits per heavy atom. The summed E-state index contributed by atoms with van der Waals surface area (Å²) in [5.41, 5.74) is 3.65. The van der Waals surface area contributed by atoms with Gasteiger partial charge < -0.3 is 4.90 Å². The quantitative estimate of drug-likeness (QED) is 0.541. The number of ketones is 1. The molecule has 0 aliphatic heterocycles. The van der Waals surface area contributed by atoms with Crippen LogP contribution in [0.3, 0.4) is 0 Å². The summed E-state index contributed by atoms with van der Waals surface area (Å²) in [5.74, 6) is 0.153. The summed E-state index contributed by atoms with van der Waals surface area (Å²) in [5, 5.41) is 2.14. The molecule has 0 saturated heterocycles. The standard InChI is InChI=1S/C19H20N2O/c1-13-6-4-7-14-12-15-8-5-9-16(19(15)20-18(13)14)17(22)10-11-21(2)3/h4-9,12H,10-11H2,1-3H3. The van der Waals surface area contributed by atoms with Crippen LogP contribution in [0, 0.1) is 6.92 Å². The Hall–Kier alpha value is -2.26. The van der Waals surface area contributed by atoms with Crippen molar-refractivity contribution in [2.24, 2.45) is 0 Å². The Morgan fingerprint density at radius 2 is 1.73 bits per heavy atom. The number of rotatable bonds is 4. The van der Waals surface area contributed by atoms with Crippen molar-refractivity contribution in [1.82, 2.24) is 9.88 Å². The van der Waals surface area contributed by atoms with Gasteiger partial charge in [0.05, 0.1) is 11.0 Å². The molecule has 0 unspecified atom stereocenters. The van der Waals surface area contributed by atoms with Crippen molar-refractivity contribution < 1.29 is 4.79 Å². The Kier molecular flexibility index (Phi) is 3.90. The van der Waals surface area contributed by atoms with Gasteiger partial charge in [0, 0.05) is 29.3 Å². The number of Topliss-reactive ketones (excluding diaryl/α,β-unsaturated/α-hetero) is 1. The third-order valence-electron chi connectivity index (χ3n) is 3.96. The number of carbonyl (C=O) groups is 1. The van der Waals surface area contributed by atoms with E-state index in [0.29, 0.717) is 6.42 Å². The van der Waals surface area contributed by atoms with Crippen molar-refractivity contribution in [3.8, 4) is 0 Å². The van der Waals surface area contributed by atoms with Crippen LogP contribution in [0.5, 0.6) is 0 Å². The number of hydrogen-bond acceptors (Lipinski definition) is 3. The molecule has 0 aliphatic rings. The lowest BCUT2D eigenvalue weighted by atomic mass is 10.0. The summed E-state index contributed by atoms with van der Waals surface area (Å²) in [4.78, 5) is 19.3. The first kappa shape index (κ1) is 14.7. The molecule has 0 spiro atoms. The molecule has 0 bridgehead atoms. The summed E-state index contributed by atoms with van der Waals surface area (Å²) in [6, 6.07) is 14.1. The molecule has 3 aromatic rings. The molecule has 1 heterocycles. The van der Waals surface area contributed by atoms with E-state index in [2.05, 4.69) is 25.1 Å². The van der Waals surface area contributed by atoms with Crippen LogP contribution in [0.4, 0.5) is 0 Å². The molecule has 22 heavy (non-hydrogen) atoms. The molecule has 0 saturated carbocycles. The van der Waals surface area contributed by atoms with E-state index in [1.807, 2.05) is 43.3 Å². The zero-order chi connectivity index (χ0) is 15.7. The SMILES string of the molecule is Cc1cccc2cc3cccc(C(=O)CCN(C)C)c3nc12. The van der Waals surface area contributed by atoms with Crippen molar-refractivity contribution in [3.05, 3.63) is 53.6 Å². The second kappa shape index (κ2) is 5.85. The molecule has 112 valence electrons. The lowest BCUT2D eigenvalue weighted by molar-refractivity contribution is 0.0974. The van der Waals surface area contributed by atoms with E-state index in [-0.39, 0.29) is 5.78 Å². The fourth-order valence-corrected chi connectivity index (χ4v) is 2.72. The minimum atomic E-state index is 0.153. The fourth-order valence-electron chi connectivity index (χ4n) is 2.72. The molecule has 3 heteroatoms. The van der Waals surface area contributed by atoms with E-state index in [4.69, 9.17) is 4.98 Å². The average Bonchev–Trinajstić information content (AvgIpc) is 2.50. The molecule has 0 N–H and O–H groups in total. The molecular weight excluding hydrogens is 272 g/mol. The largest absolute Gasteiger partial charge is 0.309 e. The Balaban J connectivity index is 2.15. The second-order valence-corrected chi connectivity index (χ2v) is 5.99.